The Labute approximate surface area is 245 Å². The van der Waals surface area contributed by atoms with Crippen LogP contribution in [0.5, 0.6) is 0 Å². The third-order valence-corrected chi connectivity index (χ3v) is 7.06. The lowest BCUT2D eigenvalue weighted by atomic mass is 10.1. The van der Waals surface area contributed by atoms with Gasteiger partial charge in [-0.15, -0.1) is 0 Å². The number of nitrogens with one attached hydrogen (secondary N) is 2. The van der Waals surface area contributed by atoms with Crippen LogP contribution in [0.15, 0.2) is 60.7 Å². The van der Waals surface area contributed by atoms with E-state index in [-0.39, 0.29) is 26.2 Å². The molecule has 4 atom stereocenters. The smallest absolute Gasteiger partial charge is 0.407 e. The van der Waals surface area contributed by atoms with Crippen molar-refractivity contribution in [3.8, 4) is 0 Å². The Morgan fingerprint density at radius 1 is 1.02 bits per heavy atom. The fourth-order valence-electron chi connectivity index (χ4n) is 3.96. The third-order valence-electron chi connectivity index (χ3n) is 6.18. The van der Waals surface area contributed by atoms with Crippen molar-refractivity contribution in [1.82, 2.24) is 10.6 Å². The summed E-state index contributed by atoms with van der Waals surface area (Å²) in [6, 6.07) is 17.0. The van der Waals surface area contributed by atoms with Gasteiger partial charge in [-0.1, -0.05) is 48.5 Å². The highest BCUT2D eigenvalue weighted by molar-refractivity contribution is 7.33. The molecule has 3 unspecified atom stereocenters. The van der Waals surface area contributed by atoms with Gasteiger partial charge in [0.1, 0.15) is 18.8 Å². The van der Waals surface area contributed by atoms with Crippen LogP contribution in [0.1, 0.15) is 54.9 Å². The number of alkyl carbamates (subject to hydrolysis) is 1. The van der Waals surface area contributed by atoms with Crippen LogP contribution in [-0.4, -0.2) is 61.9 Å². The summed E-state index contributed by atoms with van der Waals surface area (Å²) in [5.74, 6) is -2.27. The molecule has 2 aromatic carbocycles. The van der Waals surface area contributed by atoms with E-state index in [1.165, 1.54) is 0 Å². The zero-order valence-electron chi connectivity index (χ0n) is 23.5. The van der Waals surface area contributed by atoms with Gasteiger partial charge in [0.2, 0.25) is 0 Å². The van der Waals surface area contributed by atoms with Crippen molar-refractivity contribution in [3.05, 3.63) is 71.8 Å². The minimum atomic E-state index is -3.23. The van der Waals surface area contributed by atoms with Crippen LogP contribution in [-0.2, 0) is 44.0 Å². The van der Waals surface area contributed by atoms with Gasteiger partial charge in [0.15, 0.2) is 6.10 Å². The monoisotopic (exact) mass is 604 g/mol. The Bertz CT molecular complexity index is 1180. The number of amides is 1. The molecule has 1 saturated heterocycles. The van der Waals surface area contributed by atoms with Crippen LogP contribution in [0.2, 0.25) is 0 Å². The molecular weight excluding hydrogens is 567 g/mol. The molecule has 1 fully saturated rings. The lowest BCUT2D eigenvalue weighted by Crippen LogP contribution is -2.37. The van der Waals surface area contributed by atoms with Crippen molar-refractivity contribution in [1.29, 1.82) is 0 Å². The average Bonchev–Trinajstić information content (AvgIpc) is 3.55. The van der Waals surface area contributed by atoms with E-state index < -0.39 is 50.5 Å². The highest BCUT2D eigenvalue weighted by Gasteiger charge is 2.30. The van der Waals surface area contributed by atoms with Crippen molar-refractivity contribution in [2.24, 2.45) is 0 Å². The molecule has 0 radical (unpaired) electrons. The molecule has 0 aliphatic carbocycles. The normalized spacial score (nSPS) is 16.5. The number of hydrogen-bond acceptors (Lipinski definition) is 11. The van der Waals surface area contributed by atoms with Crippen molar-refractivity contribution in [2.75, 3.05) is 19.7 Å². The second-order valence-corrected chi connectivity index (χ2v) is 10.6. The van der Waals surface area contributed by atoms with Crippen LogP contribution in [0.25, 0.3) is 0 Å². The number of benzene rings is 2. The topological polar surface area (TPSA) is 156 Å². The van der Waals surface area contributed by atoms with Gasteiger partial charge in [-0.2, -0.15) is 0 Å². The van der Waals surface area contributed by atoms with E-state index >= 15 is 0 Å². The predicted octanol–water partition coefficient (Wildman–Crippen LogP) is 3.94. The Hall–Kier alpha value is -3.57. The first-order valence-corrected chi connectivity index (χ1v) is 15.1. The summed E-state index contributed by atoms with van der Waals surface area (Å²) in [5.41, 5.74) is 1.21. The molecule has 1 heterocycles. The van der Waals surface area contributed by atoms with Crippen LogP contribution >= 0.6 is 8.25 Å². The van der Waals surface area contributed by atoms with E-state index in [1.807, 2.05) is 30.3 Å². The van der Waals surface area contributed by atoms with Crippen LogP contribution < -0.4 is 10.6 Å². The molecule has 12 nitrogen and oxygen atoms in total. The largest absolute Gasteiger partial charge is 0.457 e. The van der Waals surface area contributed by atoms with Crippen molar-refractivity contribution in [3.63, 3.8) is 0 Å². The lowest BCUT2D eigenvalue weighted by molar-refractivity contribution is -0.166. The maximum Gasteiger partial charge on any atom is 0.407 e. The highest BCUT2D eigenvalue weighted by Crippen LogP contribution is 2.29. The van der Waals surface area contributed by atoms with Crippen LogP contribution in [0.4, 0.5) is 4.79 Å². The minimum absolute atomic E-state index is 0.0588. The molecule has 1 amide bonds. The Kier molecular flexibility index (Phi) is 14.2. The summed E-state index contributed by atoms with van der Waals surface area (Å²) in [6.45, 7) is 2.36. The second-order valence-electron chi connectivity index (χ2n) is 9.62. The predicted molar refractivity (Wildman–Crippen MR) is 152 cm³/mol. The zero-order chi connectivity index (χ0) is 30.2. The maximum atomic E-state index is 12.7. The first kappa shape index (κ1) is 32.9. The number of esters is 3. The van der Waals surface area contributed by atoms with Gasteiger partial charge in [0, 0.05) is 6.54 Å². The summed E-state index contributed by atoms with van der Waals surface area (Å²) >= 11 is 0. The SMILES string of the molecule is CC(CO[PH](=O)OC(CCCCNC(=O)OCc1ccccc1)C(=O)OC(=O)[C@@H]1CCCN1)OC(=O)c1ccccc1. The van der Waals surface area contributed by atoms with E-state index in [0.29, 0.717) is 31.4 Å². The molecule has 0 saturated carbocycles. The second kappa shape index (κ2) is 18.1. The molecule has 1 aliphatic rings. The molecule has 13 heteroatoms. The van der Waals surface area contributed by atoms with E-state index in [9.17, 15) is 23.7 Å². The van der Waals surface area contributed by atoms with Gasteiger partial charge in [0.25, 0.3) is 0 Å². The summed E-state index contributed by atoms with van der Waals surface area (Å²) < 4.78 is 38.5. The third kappa shape index (κ3) is 12.1. The molecule has 2 N–H and O–H groups in total. The highest BCUT2D eigenvalue weighted by atomic mass is 31.1. The van der Waals surface area contributed by atoms with E-state index in [0.717, 1.165) is 12.0 Å². The molecule has 228 valence electrons. The molecule has 0 aromatic heterocycles. The molecule has 3 rings (SSSR count). The quantitative estimate of drug-likeness (QED) is 0.0941. The molecule has 0 bridgehead atoms. The maximum absolute atomic E-state index is 12.7. The standard InChI is InChI=1S/C29H37N2O10P/c1-21(39-26(32)23-13-6-3-7-14-23)19-38-42(36)41-25(28(34)40-27(33)24-15-10-18-30-24)16-8-9-17-31-29(35)37-20-22-11-4-2-5-12-22/h2-7,11-14,21,24-25,30,42H,8-10,15-20H2,1H3,(H,31,35)/t21?,24-,25?/m0/s1. The number of carbonyl (C=O) groups excluding carboxylic acids is 4. The van der Waals surface area contributed by atoms with Gasteiger partial charge in [0.05, 0.1) is 12.2 Å². The summed E-state index contributed by atoms with van der Waals surface area (Å²) in [6.07, 6.45) is -0.469. The first-order chi connectivity index (χ1) is 20.3. The fraction of sp³-hybridized carbons (Fsp3) is 0.448. The number of carbonyl (C=O) groups is 4. The zero-order valence-corrected chi connectivity index (χ0v) is 24.5. The number of hydrogen-bond donors (Lipinski definition) is 2. The number of ether oxygens (including phenoxy) is 3. The first-order valence-electron chi connectivity index (χ1n) is 13.8. The van der Waals surface area contributed by atoms with Gasteiger partial charge in [-0.3, -0.25) is 9.09 Å². The Morgan fingerprint density at radius 3 is 2.43 bits per heavy atom. The average molecular weight is 605 g/mol. The van der Waals surface area contributed by atoms with Gasteiger partial charge in [-0.25, -0.2) is 19.2 Å². The molecule has 0 spiro atoms. The molecule has 42 heavy (non-hydrogen) atoms. The Morgan fingerprint density at radius 2 is 1.74 bits per heavy atom. The lowest BCUT2D eigenvalue weighted by Gasteiger charge is -2.18. The van der Waals surface area contributed by atoms with E-state index in [2.05, 4.69) is 10.6 Å². The molecular formula is C29H37N2O10P. The summed E-state index contributed by atoms with van der Waals surface area (Å²) in [5, 5.41) is 5.58. The van der Waals surface area contributed by atoms with Crippen molar-refractivity contribution < 1.29 is 47.0 Å². The minimum Gasteiger partial charge on any atom is -0.457 e. The van der Waals surface area contributed by atoms with Crippen LogP contribution in [0, 0.1) is 0 Å². The van der Waals surface area contributed by atoms with E-state index in [1.54, 1.807) is 37.3 Å². The Balaban J connectivity index is 1.43. The summed E-state index contributed by atoms with van der Waals surface area (Å²) in [7, 11) is -3.23. The van der Waals surface area contributed by atoms with Crippen molar-refractivity contribution >= 4 is 32.3 Å². The van der Waals surface area contributed by atoms with Crippen molar-refractivity contribution in [2.45, 2.75) is 63.9 Å². The summed E-state index contributed by atoms with van der Waals surface area (Å²) in [4.78, 5) is 49.2. The number of unbranched alkanes of at least 4 members (excludes halogenated alkanes) is 1. The van der Waals surface area contributed by atoms with Gasteiger partial charge < -0.3 is 29.4 Å². The number of rotatable bonds is 16. The van der Waals surface area contributed by atoms with Gasteiger partial charge in [-0.05, 0) is 63.3 Å². The van der Waals surface area contributed by atoms with E-state index in [4.69, 9.17) is 23.3 Å². The van der Waals surface area contributed by atoms with Gasteiger partial charge >= 0.3 is 32.3 Å². The molecule has 2 aromatic rings. The fourth-order valence-corrected chi connectivity index (χ4v) is 4.85. The van der Waals surface area contributed by atoms with Crippen LogP contribution in [0.3, 0.4) is 0 Å². The molecule has 1 aliphatic heterocycles.